The second-order valence-electron chi connectivity index (χ2n) is 9.95. The van der Waals surface area contributed by atoms with E-state index in [0.717, 1.165) is 44.9 Å². The lowest BCUT2D eigenvalue weighted by molar-refractivity contribution is -0.116. The molecule has 2 atom stereocenters. The fraction of sp³-hybridized carbons (Fsp3) is 0.300. The summed E-state index contributed by atoms with van der Waals surface area (Å²) in [5.41, 5.74) is 7.26. The van der Waals surface area contributed by atoms with E-state index in [2.05, 4.69) is 89.8 Å². The van der Waals surface area contributed by atoms with Crippen LogP contribution in [-0.2, 0) is 4.79 Å². The van der Waals surface area contributed by atoms with E-state index in [-0.39, 0.29) is 17.7 Å². The van der Waals surface area contributed by atoms with E-state index in [9.17, 15) is 4.79 Å². The number of fused-ring (bicyclic) bond motifs is 1. The summed E-state index contributed by atoms with van der Waals surface area (Å²) >= 11 is 3.68. The molecule has 0 saturated heterocycles. The first kappa shape index (κ1) is 23.7. The topological polar surface area (TPSA) is 50.4 Å². The van der Waals surface area contributed by atoms with Gasteiger partial charge in [-0.2, -0.15) is 0 Å². The smallest absolute Gasteiger partial charge is 0.163 e. The first-order valence-electron chi connectivity index (χ1n) is 12.3. The lowest BCUT2D eigenvalue weighted by Gasteiger charge is -2.30. The highest BCUT2D eigenvalue weighted by Crippen LogP contribution is 2.44. The Kier molecular flexibility index (Phi) is 6.70. The number of benzene rings is 3. The molecule has 180 valence electrons. The van der Waals surface area contributed by atoms with Gasteiger partial charge in [0.15, 0.2) is 5.78 Å². The predicted octanol–water partition coefficient (Wildman–Crippen LogP) is 7.77. The quantitative estimate of drug-likeness (QED) is 0.353. The number of carbonyl (C=O) groups is 1. The largest absolute Gasteiger partial charge is 0.493 e. The number of hydrogen-bond acceptors (Lipinski definition) is 4. The molecule has 0 amide bonds. The van der Waals surface area contributed by atoms with Gasteiger partial charge in [0.1, 0.15) is 5.75 Å². The first-order chi connectivity index (χ1) is 16.9. The zero-order valence-electron chi connectivity index (χ0n) is 20.4. The van der Waals surface area contributed by atoms with Crippen LogP contribution in [0.4, 0.5) is 11.4 Å². The number of carbonyl (C=O) groups excluding carboxylic acids is 1. The molecule has 0 saturated carbocycles. The van der Waals surface area contributed by atoms with Gasteiger partial charge >= 0.3 is 0 Å². The maximum Gasteiger partial charge on any atom is 0.163 e. The maximum atomic E-state index is 13.7. The van der Waals surface area contributed by atoms with Gasteiger partial charge in [-0.3, -0.25) is 4.79 Å². The zero-order valence-corrected chi connectivity index (χ0v) is 22.0. The van der Waals surface area contributed by atoms with Gasteiger partial charge in [-0.15, -0.1) is 0 Å². The van der Waals surface area contributed by atoms with Gasteiger partial charge in [0.2, 0.25) is 0 Å². The molecule has 0 fully saturated rings. The van der Waals surface area contributed by atoms with Gasteiger partial charge in [-0.1, -0.05) is 66.2 Å². The number of para-hydroxylation sites is 2. The molecule has 0 spiro atoms. The van der Waals surface area contributed by atoms with E-state index in [1.807, 2.05) is 24.3 Å². The van der Waals surface area contributed by atoms with Crippen LogP contribution in [-0.4, -0.2) is 12.4 Å². The van der Waals surface area contributed by atoms with Crippen molar-refractivity contribution in [2.75, 3.05) is 17.2 Å². The van der Waals surface area contributed by atoms with Gasteiger partial charge in [-0.05, 0) is 72.2 Å². The van der Waals surface area contributed by atoms with Crippen LogP contribution in [0.25, 0.3) is 0 Å². The molecule has 5 heteroatoms. The fourth-order valence-electron chi connectivity index (χ4n) is 4.87. The molecule has 0 bridgehead atoms. The van der Waals surface area contributed by atoms with Crippen molar-refractivity contribution in [3.8, 4) is 5.75 Å². The van der Waals surface area contributed by atoms with Gasteiger partial charge in [-0.25, -0.2) is 0 Å². The summed E-state index contributed by atoms with van der Waals surface area (Å²) in [5.74, 6) is 1.67. The van der Waals surface area contributed by atoms with Crippen LogP contribution in [0.5, 0.6) is 5.75 Å². The number of hydrogen-bond donors (Lipinski definition) is 2. The van der Waals surface area contributed by atoms with E-state index in [0.29, 0.717) is 18.9 Å². The third-order valence-electron chi connectivity index (χ3n) is 6.77. The van der Waals surface area contributed by atoms with Crippen LogP contribution in [0.1, 0.15) is 55.3 Å². The molecule has 3 aromatic carbocycles. The second kappa shape index (κ2) is 9.90. The molecule has 2 unspecified atom stereocenters. The van der Waals surface area contributed by atoms with Crippen molar-refractivity contribution in [2.45, 2.75) is 45.6 Å². The molecule has 1 aliphatic carbocycles. The molecular formula is C30H31BrN2O2. The van der Waals surface area contributed by atoms with Crippen molar-refractivity contribution in [3.63, 3.8) is 0 Å². The van der Waals surface area contributed by atoms with Crippen LogP contribution < -0.4 is 15.4 Å². The highest BCUT2D eigenvalue weighted by Gasteiger charge is 2.36. The molecule has 4 nitrogen and oxygen atoms in total. The van der Waals surface area contributed by atoms with Crippen molar-refractivity contribution < 1.29 is 9.53 Å². The molecule has 1 heterocycles. The Hall–Kier alpha value is -3.05. The van der Waals surface area contributed by atoms with Crippen molar-refractivity contribution >= 4 is 33.1 Å². The average Bonchev–Trinajstić information content (AvgIpc) is 3.01. The zero-order chi connectivity index (χ0) is 24.5. The molecular weight excluding hydrogens is 500 g/mol. The van der Waals surface area contributed by atoms with E-state index in [1.165, 1.54) is 11.1 Å². The maximum absolute atomic E-state index is 13.7. The van der Waals surface area contributed by atoms with Crippen molar-refractivity contribution in [1.29, 1.82) is 0 Å². The van der Waals surface area contributed by atoms with Crippen LogP contribution in [0.3, 0.4) is 0 Å². The third-order valence-corrected chi connectivity index (χ3v) is 7.63. The number of ether oxygens (including phenoxy) is 1. The molecule has 5 rings (SSSR count). The Morgan fingerprint density at radius 2 is 1.69 bits per heavy atom. The first-order valence-corrected chi connectivity index (χ1v) is 13.1. The Morgan fingerprint density at radius 3 is 2.40 bits per heavy atom. The van der Waals surface area contributed by atoms with Crippen molar-refractivity contribution in [2.24, 2.45) is 5.92 Å². The van der Waals surface area contributed by atoms with Crippen LogP contribution in [0.2, 0.25) is 0 Å². The Bertz CT molecular complexity index is 1280. The summed E-state index contributed by atoms with van der Waals surface area (Å²) in [6.07, 6.45) is 1.28. The summed E-state index contributed by atoms with van der Waals surface area (Å²) in [4.78, 5) is 13.7. The van der Waals surface area contributed by atoms with E-state index in [1.54, 1.807) is 0 Å². The molecule has 3 aromatic rings. The molecule has 0 radical (unpaired) electrons. The van der Waals surface area contributed by atoms with Crippen LogP contribution in [0.15, 0.2) is 82.5 Å². The number of nitrogens with one attached hydrogen (secondary N) is 2. The number of ketones is 1. The summed E-state index contributed by atoms with van der Waals surface area (Å²) < 4.78 is 6.90. The minimum absolute atomic E-state index is 0.128. The van der Waals surface area contributed by atoms with Gasteiger partial charge in [0, 0.05) is 22.2 Å². The third kappa shape index (κ3) is 5.01. The summed E-state index contributed by atoms with van der Waals surface area (Å²) in [6, 6.07) is 22.6. The second-order valence-corrected chi connectivity index (χ2v) is 10.8. The lowest BCUT2D eigenvalue weighted by atomic mass is 9.78. The monoisotopic (exact) mass is 530 g/mol. The SMILES string of the molecule is Cc1ccc(C2Nc3ccccc3NC3=C2C(=O)CC(c2ccc(OCC(C)C)cc2)C3)cc1Br. The number of halogens is 1. The average molecular weight is 531 g/mol. The van der Waals surface area contributed by atoms with E-state index in [4.69, 9.17) is 4.74 Å². The molecule has 2 aliphatic rings. The van der Waals surface area contributed by atoms with Crippen molar-refractivity contribution in [3.05, 3.63) is 99.2 Å². The Morgan fingerprint density at radius 1 is 0.971 bits per heavy atom. The molecule has 1 aliphatic heterocycles. The minimum Gasteiger partial charge on any atom is -0.493 e. The normalized spacial score (nSPS) is 19.4. The molecule has 2 N–H and O–H groups in total. The number of anilines is 2. The van der Waals surface area contributed by atoms with E-state index < -0.39 is 0 Å². The number of Topliss-reactive ketones (excluding diaryl/α,β-unsaturated/α-hetero) is 1. The number of rotatable bonds is 5. The standard InChI is InChI=1S/C30H31BrN2O2/c1-18(2)17-35-23-12-10-20(11-13-23)22-15-27-29(28(34)16-22)30(21-9-8-19(3)24(31)14-21)33-26-7-5-4-6-25(26)32-27/h4-14,18,22,30,32-33H,15-17H2,1-3H3. The summed E-state index contributed by atoms with van der Waals surface area (Å²) in [7, 11) is 0. The molecule has 35 heavy (non-hydrogen) atoms. The van der Waals surface area contributed by atoms with Gasteiger partial charge < -0.3 is 15.4 Å². The molecule has 0 aromatic heterocycles. The summed E-state index contributed by atoms with van der Waals surface area (Å²) in [5, 5.41) is 7.28. The highest BCUT2D eigenvalue weighted by molar-refractivity contribution is 9.10. The van der Waals surface area contributed by atoms with Gasteiger partial charge in [0.05, 0.1) is 24.0 Å². The number of allylic oxidation sites excluding steroid dienone is 1. The van der Waals surface area contributed by atoms with E-state index >= 15 is 0 Å². The minimum atomic E-state index is -0.210. The Balaban J connectivity index is 1.49. The summed E-state index contributed by atoms with van der Waals surface area (Å²) in [6.45, 7) is 7.06. The predicted molar refractivity (Wildman–Crippen MR) is 146 cm³/mol. The highest BCUT2D eigenvalue weighted by atomic mass is 79.9. The van der Waals surface area contributed by atoms with Gasteiger partial charge in [0.25, 0.3) is 0 Å². The van der Waals surface area contributed by atoms with Crippen LogP contribution in [0, 0.1) is 12.8 Å². The fourth-order valence-corrected chi connectivity index (χ4v) is 5.26. The van der Waals surface area contributed by atoms with Crippen molar-refractivity contribution in [1.82, 2.24) is 0 Å². The van der Waals surface area contributed by atoms with Crippen LogP contribution >= 0.6 is 15.9 Å². The lowest BCUT2D eigenvalue weighted by Crippen LogP contribution is -2.26. The Labute approximate surface area is 215 Å². The number of aryl methyl sites for hydroxylation is 1.